The zero-order chi connectivity index (χ0) is 20.9. The fourth-order valence-electron chi connectivity index (χ4n) is 5.64. The van der Waals surface area contributed by atoms with Crippen molar-refractivity contribution in [3.8, 4) is 0 Å². The number of benzene rings is 1. The molecule has 0 aromatic heterocycles. The molecule has 1 aromatic rings. The molecule has 0 saturated carbocycles. The summed E-state index contributed by atoms with van der Waals surface area (Å²) < 4.78 is 0. The van der Waals surface area contributed by atoms with Crippen molar-refractivity contribution in [1.82, 2.24) is 20.0 Å². The summed E-state index contributed by atoms with van der Waals surface area (Å²) in [6, 6.07) is 9.50. The summed E-state index contributed by atoms with van der Waals surface area (Å²) in [7, 11) is 2.24. The summed E-state index contributed by atoms with van der Waals surface area (Å²) in [4.78, 5) is 12.8. The maximum absolute atomic E-state index is 6.32. The van der Waals surface area contributed by atoms with Gasteiger partial charge in [0.2, 0.25) is 0 Å². The van der Waals surface area contributed by atoms with Crippen molar-refractivity contribution in [2.75, 3.05) is 52.9 Å². The van der Waals surface area contributed by atoms with Gasteiger partial charge in [-0.1, -0.05) is 23.7 Å². The van der Waals surface area contributed by atoms with Crippen LogP contribution in [-0.4, -0.2) is 79.6 Å². The van der Waals surface area contributed by atoms with Crippen molar-refractivity contribution in [3.63, 3.8) is 0 Å². The van der Waals surface area contributed by atoms with E-state index in [4.69, 9.17) is 16.6 Å². The molecule has 0 bridgehead atoms. The van der Waals surface area contributed by atoms with Crippen LogP contribution in [0.5, 0.6) is 0 Å². The van der Waals surface area contributed by atoms with Crippen LogP contribution in [0, 0.1) is 5.92 Å². The van der Waals surface area contributed by atoms with Gasteiger partial charge in [0.15, 0.2) is 5.96 Å². The highest BCUT2D eigenvalue weighted by Gasteiger charge is 2.33. The highest BCUT2D eigenvalue weighted by molar-refractivity contribution is 6.30. The molecule has 1 N–H and O–H groups in total. The Bertz CT molecular complexity index is 717. The zero-order valence-corrected chi connectivity index (χ0v) is 19.4. The largest absolute Gasteiger partial charge is 0.357 e. The van der Waals surface area contributed by atoms with E-state index in [-0.39, 0.29) is 0 Å². The van der Waals surface area contributed by atoms with Gasteiger partial charge in [0.25, 0.3) is 0 Å². The minimum absolute atomic E-state index is 0.389. The molecule has 6 heteroatoms. The lowest BCUT2D eigenvalue weighted by atomic mass is 9.85. The first-order chi connectivity index (χ1) is 14.7. The molecule has 4 rings (SSSR count). The molecule has 0 aliphatic carbocycles. The highest BCUT2D eigenvalue weighted by Crippen LogP contribution is 2.36. The third-order valence-corrected chi connectivity index (χ3v) is 7.36. The number of likely N-dealkylation sites (tertiary alicyclic amines) is 3. The van der Waals surface area contributed by atoms with Gasteiger partial charge in [0.05, 0.1) is 0 Å². The molecule has 3 heterocycles. The van der Waals surface area contributed by atoms with E-state index in [9.17, 15) is 0 Å². The van der Waals surface area contributed by atoms with Crippen LogP contribution in [0.3, 0.4) is 0 Å². The SMILES string of the molecule is CCNC(=NCC1CCCN(C)C1c1cccc(Cl)c1)N1CCC(N2CCCC2)C1. The molecule has 166 valence electrons. The molecule has 30 heavy (non-hydrogen) atoms. The van der Waals surface area contributed by atoms with E-state index >= 15 is 0 Å². The molecule has 5 nitrogen and oxygen atoms in total. The van der Waals surface area contributed by atoms with E-state index in [1.165, 1.54) is 50.8 Å². The molecular formula is C24H38ClN5. The minimum Gasteiger partial charge on any atom is -0.357 e. The number of piperidine rings is 1. The van der Waals surface area contributed by atoms with Gasteiger partial charge in [-0.25, -0.2) is 0 Å². The summed E-state index contributed by atoms with van der Waals surface area (Å²) in [5.41, 5.74) is 1.32. The molecule has 3 unspecified atom stereocenters. The Labute approximate surface area is 187 Å². The first kappa shape index (κ1) is 21.9. The smallest absolute Gasteiger partial charge is 0.193 e. The van der Waals surface area contributed by atoms with Crippen LogP contribution in [0.1, 0.15) is 50.6 Å². The van der Waals surface area contributed by atoms with Gasteiger partial charge in [0, 0.05) is 43.3 Å². The average Bonchev–Trinajstić information content (AvgIpc) is 3.43. The van der Waals surface area contributed by atoms with Gasteiger partial charge >= 0.3 is 0 Å². The van der Waals surface area contributed by atoms with Gasteiger partial charge in [-0.05, 0) is 89.3 Å². The number of nitrogens with one attached hydrogen (secondary N) is 1. The Morgan fingerprint density at radius 3 is 2.73 bits per heavy atom. The second kappa shape index (κ2) is 10.3. The third kappa shape index (κ3) is 5.12. The molecule has 3 aliphatic rings. The molecule has 3 fully saturated rings. The molecule has 0 radical (unpaired) electrons. The van der Waals surface area contributed by atoms with E-state index in [0.717, 1.165) is 43.7 Å². The molecule has 0 amide bonds. The topological polar surface area (TPSA) is 34.1 Å². The van der Waals surface area contributed by atoms with Gasteiger partial charge in [0.1, 0.15) is 0 Å². The quantitative estimate of drug-likeness (QED) is 0.567. The minimum atomic E-state index is 0.389. The van der Waals surface area contributed by atoms with Crippen LogP contribution in [0.25, 0.3) is 0 Å². The lowest BCUT2D eigenvalue weighted by Crippen LogP contribution is -2.43. The molecule has 0 spiro atoms. The van der Waals surface area contributed by atoms with Crippen LogP contribution < -0.4 is 5.32 Å². The summed E-state index contributed by atoms with van der Waals surface area (Å²) in [5, 5.41) is 4.40. The Balaban J connectivity index is 1.45. The number of nitrogens with zero attached hydrogens (tertiary/aromatic N) is 4. The predicted octanol–water partition coefficient (Wildman–Crippen LogP) is 3.86. The van der Waals surface area contributed by atoms with Crippen LogP contribution >= 0.6 is 11.6 Å². The molecule has 3 saturated heterocycles. The van der Waals surface area contributed by atoms with Crippen LogP contribution in [-0.2, 0) is 0 Å². The molecule has 3 aliphatic heterocycles. The summed E-state index contributed by atoms with van der Waals surface area (Å²) >= 11 is 6.32. The number of guanidine groups is 1. The number of halogens is 1. The van der Waals surface area contributed by atoms with E-state index < -0.39 is 0 Å². The number of aliphatic imine (C=N–C) groups is 1. The standard InChI is InChI=1S/C24H38ClN5/c1-3-26-24(30-15-11-22(18-30)29-13-4-5-14-29)27-17-20-9-7-12-28(2)23(20)19-8-6-10-21(25)16-19/h6,8,10,16,20,22-23H,3-5,7,9,11-15,17-18H2,1-2H3,(H,26,27). The average molecular weight is 432 g/mol. The Morgan fingerprint density at radius 1 is 1.13 bits per heavy atom. The fraction of sp³-hybridized carbons (Fsp3) is 0.708. The van der Waals surface area contributed by atoms with E-state index in [1.54, 1.807) is 0 Å². The monoisotopic (exact) mass is 431 g/mol. The van der Waals surface area contributed by atoms with Gasteiger partial charge < -0.3 is 10.2 Å². The van der Waals surface area contributed by atoms with Crippen molar-refractivity contribution < 1.29 is 0 Å². The predicted molar refractivity (Wildman–Crippen MR) is 126 cm³/mol. The lowest BCUT2D eigenvalue weighted by Gasteiger charge is -2.39. The van der Waals surface area contributed by atoms with Crippen LogP contribution in [0.4, 0.5) is 0 Å². The third-order valence-electron chi connectivity index (χ3n) is 7.13. The Morgan fingerprint density at radius 2 is 1.97 bits per heavy atom. The lowest BCUT2D eigenvalue weighted by molar-refractivity contribution is 0.125. The number of hydrogen-bond acceptors (Lipinski definition) is 3. The van der Waals surface area contributed by atoms with Crippen molar-refractivity contribution in [2.24, 2.45) is 10.9 Å². The van der Waals surface area contributed by atoms with Gasteiger partial charge in [-0.2, -0.15) is 0 Å². The fourth-order valence-corrected chi connectivity index (χ4v) is 5.84. The summed E-state index contributed by atoms with van der Waals surface area (Å²) in [6.45, 7) is 9.90. The number of hydrogen-bond donors (Lipinski definition) is 1. The summed E-state index contributed by atoms with van der Waals surface area (Å²) in [5.74, 6) is 1.63. The van der Waals surface area contributed by atoms with Crippen LogP contribution in [0.2, 0.25) is 5.02 Å². The Kier molecular flexibility index (Phi) is 7.55. The second-order valence-corrected chi connectivity index (χ2v) is 9.65. The van der Waals surface area contributed by atoms with Crippen LogP contribution in [0.15, 0.2) is 29.3 Å². The van der Waals surface area contributed by atoms with Crippen molar-refractivity contribution in [3.05, 3.63) is 34.9 Å². The van der Waals surface area contributed by atoms with E-state index in [0.29, 0.717) is 18.0 Å². The first-order valence-corrected chi connectivity index (χ1v) is 12.3. The van der Waals surface area contributed by atoms with Gasteiger partial charge in [-0.3, -0.25) is 14.8 Å². The maximum Gasteiger partial charge on any atom is 0.193 e. The van der Waals surface area contributed by atoms with Crippen molar-refractivity contribution in [2.45, 2.75) is 51.1 Å². The van der Waals surface area contributed by atoms with E-state index in [2.05, 4.69) is 52.2 Å². The zero-order valence-electron chi connectivity index (χ0n) is 18.7. The second-order valence-electron chi connectivity index (χ2n) is 9.21. The Hall–Kier alpha value is -1.30. The van der Waals surface area contributed by atoms with Crippen molar-refractivity contribution in [1.29, 1.82) is 0 Å². The highest BCUT2D eigenvalue weighted by atomic mass is 35.5. The van der Waals surface area contributed by atoms with Gasteiger partial charge in [-0.15, -0.1) is 0 Å². The number of rotatable bonds is 5. The maximum atomic E-state index is 6.32. The molecule has 3 atom stereocenters. The normalized spacial score (nSPS) is 29.0. The molecular weight excluding hydrogens is 394 g/mol. The first-order valence-electron chi connectivity index (χ1n) is 11.9. The molecule has 1 aromatic carbocycles. The van der Waals surface area contributed by atoms with E-state index in [1.807, 2.05) is 6.07 Å². The summed E-state index contributed by atoms with van der Waals surface area (Å²) in [6.07, 6.45) is 6.46. The van der Waals surface area contributed by atoms with Crippen molar-refractivity contribution >= 4 is 17.6 Å².